The molecule has 6 nitrogen and oxygen atoms in total. The van der Waals surface area contributed by atoms with Crippen LogP contribution in [0.4, 0.5) is 10.5 Å². The molecule has 0 spiro atoms. The van der Waals surface area contributed by atoms with Crippen molar-refractivity contribution in [3.05, 3.63) is 59.7 Å². The molecule has 124 valence electrons. The number of likely N-dealkylation sites (N-methyl/N-ethyl adjacent to an activating group) is 1. The number of para-hydroxylation sites is 1. The Kier molecular flexibility index (Phi) is 4.37. The van der Waals surface area contributed by atoms with Crippen molar-refractivity contribution in [2.24, 2.45) is 5.73 Å². The Labute approximate surface area is 140 Å². The van der Waals surface area contributed by atoms with Crippen LogP contribution in [0.5, 0.6) is 5.75 Å². The Morgan fingerprint density at radius 3 is 2.71 bits per heavy atom. The second-order valence-electron chi connectivity index (χ2n) is 5.70. The molecule has 0 unspecified atom stereocenters. The van der Waals surface area contributed by atoms with Gasteiger partial charge in [0, 0.05) is 13.5 Å². The van der Waals surface area contributed by atoms with E-state index in [1.807, 2.05) is 48.5 Å². The zero-order chi connectivity index (χ0) is 17.1. The van der Waals surface area contributed by atoms with E-state index in [0.29, 0.717) is 18.8 Å². The molecule has 0 saturated heterocycles. The number of primary amides is 1. The van der Waals surface area contributed by atoms with Gasteiger partial charge in [0.15, 0.2) is 0 Å². The molecule has 2 aromatic rings. The average molecular weight is 325 g/mol. The molecule has 0 bridgehead atoms. The Hall–Kier alpha value is -3.02. The SMILES string of the molecule is CN1C(=O)[C@H](NC(N)=O)Cc2cccc(OCc3ccccc3)c21. The maximum Gasteiger partial charge on any atom is 0.312 e. The zero-order valence-corrected chi connectivity index (χ0v) is 13.4. The lowest BCUT2D eigenvalue weighted by molar-refractivity contribution is -0.120. The molecule has 1 aliphatic heterocycles. The summed E-state index contributed by atoms with van der Waals surface area (Å²) in [6, 6.07) is 14.1. The molecule has 0 aromatic heterocycles. The van der Waals surface area contributed by atoms with Gasteiger partial charge in [0.2, 0.25) is 5.91 Å². The van der Waals surface area contributed by atoms with Crippen LogP contribution in [0.25, 0.3) is 0 Å². The van der Waals surface area contributed by atoms with Gasteiger partial charge in [0.1, 0.15) is 18.4 Å². The van der Waals surface area contributed by atoms with Crippen LogP contribution < -0.4 is 20.7 Å². The number of nitrogens with zero attached hydrogens (tertiary/aromatic N) is 1. The van der Waals surface area contributed by atoms with Crippen molar-refractivity contribution >= 4 is 17.6 Å². The topological polar surface area (TPSA) is 84.7 Å². The molecule has 0 saturated carbocycles. The van der Waals surface area contributed by atoms with Gasteiger partial charge in [0.25, 0.3) is 0 Å². The van der Waals surface area contributed by atoms with E-state index in [1.54, 1.807) is 7.05 Å². The lowest BCUT2D eigenvalue weighted by Gasteiger charge is -2.32. The van der Waals surface area contributed by atoms with E-state index in [0.717, 1.165) is 16.8 Å². The highest BCUT2D eigenvalue weighted by molar-refractivity contribution is 6.02. The number of carbonyl (C=O) groups is 2. The normalized spacial score (nSPS) is 16.5. The van der Waals surface area contributed by atoms with E-state index < -0.39 is 12.1 Å². The number of urea groups is 1. The number of hydrogen-bond donors (Lipinski definition) is 2. The number of ether oxygens (including phenoxy) is 1. The first-order valence-corrected chi connectivity index (χ1v) is 7.68. The maximum atomic E-state index is 12.5. The number of nitrogens with two attached hydrogens (primary N) is 1. The molecule has 24 heavy (non-hydrogen) atoms. The minimum atomic E-state index is -0.707. The smallest absolute Gasteiger partial charge is 0.312 e. The van der Waals surface area contributed by atoms with E-state index in [2.05, 4.69) is 5.32 Å². The van der Waals surface area contributed by atoms with E-state index in [1.165, 1.54) is 4.90 Å². The Morgan fingerprint density at radius 1 is 1.25 bits per heavy atom. The zero-order valence-electron chi connectivity index (χ0n) is 13.4. The molecular formula is C18H19N3O3. The van der Waals surface area contributed by atoms with Gasteiger partial charge in [-0.25, -0.2) is 4.79 Å². The van der Waals surface area contributed by atoms with Crippen molar-refractivity contribution in [3.63, 3.8) is 0 Å². The van der Waals surface area contributed by atoms with Gasteiger partial charge in [-0.3, -0.25) is 4.79 Å². The summed E-state index contributed by atoms with van der Waals surface area (Å²) in [5, 5.41) is 2.49. The van der Waals surface area contributed by atoms with Crippen molar-refractivity contribution in [1.82, 2.24) is 5.32 Å². The minimum absolute atomic E-state index is 0.211. The summed E-state index contributed by atoms with van der Waals surface area (Å²) in [6.07, 6.45) is 0.393. The van der Waals surface area contributed by atoms with Crippen LogP contribution >= 0.6 is 0 Å². The summed E-state index contributed by atoms with van der Waals surface area (Å²) in [5.41, 5.74) is 7.87. The highest BCUT2D eigenvalue weighted by Crippen LogP contribution is 2.36. The quantitative estimate of drug-likeness (QED) is 0.899. The molecule has 6 heteroatoms. The molecule has 3 N–H and O–H groups in total. The first-order chi connectivity index (χ1) is 11.6. The van der Waals surface area contributed by atoms with Gasteiger partial charge in [-0.2, -0.15) is 0 Å². The van der Waals surface area contributed by atoms with Gasteiger partial charge < -0.3 is 20.7 Å². The first kappa shape index (κ1) is 15.9. The summed E-state index contributed by atoms with van der Waals surface area (Å²) >= 11 is 0. The number of fused-ring (bicyclic) bond motifs is 1. The second kappa shape index (κ2) is 6.62. The van der Waals surface area contributed by atoms with Crippen LogP contribution in [-0.2, 0) is 17.8 Å². The largest absolute Gasteiger partial charge is 0.487 e. The predicted octanol–water partition coefficient (Wildman–Crippen LogP) is 1.82. The third-order valence-corrected chi connectivity index (χ3v) is 4.02. The molecule has 0 aliphatic carbocycles. The van der Waals surface area contributed by atoms with Gasteiger partial charge in [-0.15, -0.1) is 0 Å². The number of rotatable bonds is 4. The van der Waals surface area contributed by atoms with Gasteiger partial charge in [-0.05, 0) is 17.2 Å². The van der Waals surface area contributed by atoms with E-state index in [-0.39, 0.29) is 5.91 Å². The Balaban J connectivity index is 1.84. The standard InChI is InChI=1S/C18H19N3O3/c1-21-16-13(10-14(17(21)22)20-18(19)23)8-5-9-15(16)24-11-12-6-3-2-4-7-12/h2-9,14H,10-11H2,1H3,(H3,19,20,23)/t14-/m1/s1. The fraction of sp³-hybridized carbons (Fsp3) is 0.222. The van der Waals surface area contributed by atoms with Gasteiger partial charge in [0.05, 0.1) is 5.69 Å². The Bertz CT molecular complexity index is 761. The fourth-order valence-corrected chi connectivity index (χ4v) is 2.90. The highest BCUT2D eigenvalue weighted by Gasteiger charge is 2.33. The van der Waals surface area contributed by atoms with Crippen LogP contribution in [-0.4, -0.2) is 25.0 Å². The van der Waals surface area contributed by atoms with Gasteiger partial charge >= 0.3 is 6.03 Å². The third kappa shape index (κ3) is 3.17. The molecule has 1 heterocycles. The van der Waals surface area contributed by atoms with E-state index in [4.69, 9.17) is 10.5 Å². The first-order valence-electron chi connectivity index (χ1n) is 7.68. The second-order valence-corrected chi connectivity index (χ2v) is 5.70. The lowest BCUT2D eigenvalue weighted by atomic mass is 9.97. The summed E-state index contributed by atoms with van der Waals surface area (Å²) in [6.45, 7) is 0.419. The van der Waals surface area contributed by atoms with Crippen LogP contribution in [0, 0.1) is 0 Å². The maximum absolute atomic E-state index is 12.5. The average Bonchev–Trinajstić information content (AvgIpc) is 2.58. The highest BCUT2D eigenvalue weighted by atomic mass is 16.5. The van der Waals surface area contributed by atoms with Crippen LogP contribution in [0.3, 0.4) is 0 Å². The van der Waals surface area contributed by atoms with Crippen LogP contribution in [0.1, 0.15) is 11.1 Å². The molecule has 3 amide bonds. The molecule has 0 radical (unpaired) electrons. The van der Waals surface area contributed by atoms with Crippen molar-refractivity contribution in [2.45, 2.75) is 19.1 Å². The number of benzene rings is 2. The van der Waals surface area contributed by atoms with E-state index >= 15 is 0 Å². The monoisotopic (exact) mass is 325 g/mol. The van der Waals surface area contributed by atoms with Crippen molar-refractivity contribution in [2.75, 3.05) is 11.9 Å². The Morgan fingerprint density at radius 2 is 2.00 bits per heavy atom. The van der Waals surface area contributed by atoms with Crippen molar-refractivity contribution in [3.8, 4) is 5.75 Å². The molecular weight excluding hydrogens is 306 g/mol. The lowest BCUT2D eigenvalue weighted by Crippen LogP contribution is -2.53. The van der Waals surface area contributed by atoms with E-state index in [9.17, 15) is 9.59 Å². The molecule has 3 rings (SSSR count). The minimum Gasteiger partial charge on any atom is -0.487 e. The third-order valence-electron chi connectivity index (χ3n) is 4.02. The summed E-state index contributed by atoms with van der Waals surface area (Å²) in [5.74, 6) is 0.432. The van der Waals surface area contributed by atoms with Gasteiger partial charge in [-0.1, -0.05) is 42.5 Å². The summed E-state index contributed by atoms with van der Waals surface area (Å²) in [4.78, 5) is 25.0. The molecule has 1 aliphatic rings. The number of carbonyl (C=O) groups excluding carboxylic acids is 2. The molecule has 1 atom stereocenters. The predicted molar refractivity (Wildman–Crippen MR) is 90.8 cm³/mol. The van der Waals surface area contributed by atoms with Crippen LogP contribution in [0.15, 0.2) is 48.5 Å². The summed E-state index contributed by atoms with van der Waals surface area (Å²) < 4.78 is 5.92. The summed E-state index contributed by atoms with van der Waals surface area (Å²) in [7, 11) is 1.67. The van der Waals surface area contributed by atoms with Crippen LogP contribution in [0.2, 0.25) is 0 Å². The number of hydrogen-bond acceptors (Lipinski definition) is 3. The fourth-order valence-electron chi connectivity index (χ4n) is 2.90. The van der Waals surface area contributed by atoms with Crippen molar-refractivity contribution in [1.29, 1.82) is 0 Å². The molecule has 2 aromatic carbocycles. The van der Waals surface area contributed by atoms with Crippen molar-refractivity contribution < 1.29 is 14.3 Å². The number of nitrogens with one attached hydrogen (secondary N) is 1. The number of anilines is 1. The molecule has 0 fully saturated rings. The number of amides is 3.